The molecule has 9 aromatic carbocycles. The molecule has 12 fully saturated rings. The second kappa shape index (κ2) is 39.6. The third kappa shape index (κ3) is 19.3. The molecule has 0 radical (unpaired) electrons. The van der Waals surface area contributed by atoms with E-state index in [1.54, 1.807) is 24.8 Å². The lowest BCUT2D eigenvalue weighted by Crippen LogP contribution is -2.47. The highest BCUT2D eigenvalue weighted by atomic mass is 19.2. The first-order valence-electron chi connectivity index (χ1n) is 49.9. The summed E-state index contributed by atoms with van der Waals surface area (Å²) < 4.78 is 114. The van der Waals surface area contributed by atoms with Crippen molar-refractivity contribution in [3.8, 4) is 92.3 Å². The van der Waals surface area contributed by atoms with Gasteiger partial charge in [0, 0.05) is 164 Å². The van der Waals surface area contributed by atoms with Gasteiger partial charge in [-0.05, 0) is 269 Å². The highest BCUT2D eigenvalue weighted by Crippen LogP contribution is 2.51. The predicted molar refractivity (Wildman–Crippen MR) is 545 cm³/mol. The first-order valence-corrected chi connectivity index (χ1v) is 49.9. The molecule has 714 valence electrons. The second-order valence-electron chi connectivity index (χ2n) is 40.1. The van der Waals surface area contributed by atoms with Crippen molar-refractivity contribution in [2.24, 2.45) is 71.0 Å². The molecule has 12 saturated carbocycles. The summed E-state index contributed by atoms with van der Waals surface area (Å²) in [5.74, 6) is 26.1. The average Bonchev–Trinajstić information content (AvgIpc) is 1.46. The fraction of sp³-hybridized carbons (Fsp3) is 0.305. The zero-order chi connectivity index (χ0) is 96.9. The van der Waals surface area contributed by atoms with Gasteiger partial charge in [-0.15, -0.1) is 0 Å². The number of hydrogen-bond acceptors (Lipinski definition) is 12. The standard InChI is InChI=1S/C31H28F2N4.3C29H26F2N4/c1-17-18-6-9-20(10-7-18)29(17)36-28-15-27(22-11-8-19-4-2-3-5-21(19)12-22)35-31(37-28)25-16-34-30-24(25)13-23(32)14-26(30)33;3*1-17-19-8-10-20(11-9-19)27(17)34-26-15-22(12-7-18-5-3-2-4-6-18)33-29(35-26)24-16-32-28-23(24)13-21(30)14-25(28)31/h2-5,8,11-18,20,29,34H,6-7,9-10H2,1H3,(H,35,36,37);3*2-6,13-17,19-20,27,32H,8-11H2,1H3,(H,33,34,35)/t17-,18?,20?,29+;2*17-,19?,20?,27+;/m010./s1. The summed E-state index contributed by atoms with van der Waals surface area (Å²) in [6.45, 7) is 9.34. The molecule has 142 heavy (non-hydrogen) atoms. The topological polar surface area (TPSA) is 214 Å². The van der Waals surface area contributed by atoms with Gasteiger partial charge < -0.3 is 41.2 Å². The Kier molecular flexibility index (Phi) is 25.7. The van der Waals surface area contributed by atoms with E-state index in [9.17, 15) is 35.1 Å². The van der Waals surface area contributed by atoms with Crippen LogP contribution in [0, 0.1) is 153 Å². The summed E-state index contributed by atoms with van der Waals surface area (Å²) in [5.41, 5.74) is 9.25. The molecular weight excluding hydrogens is 1790 g/mol. The zero-order valence-corrected chi connectivity index (χ0v) is 79.1. The van der Waals surface area contributed by atoms with Gasteiger partial charge in [0.2, 0.25) is 0 Å². The van der Waals surface area contributed by atoms with Crippen molar-refractivity contribution < 1.29 is 35.1 Å². The molecule has 0 spiro atoms. The van der Waals surface area contributed by atoms with Crippen LogP contribution in [0.25, 0.3) is 111 Å². The lowest BCUT2D eigenvalue weighted by molar-refractivity contribution is 0.0928. The van der Waals surface area contributed by atoms with E-state index >= 15 is 0 Å². The smallest absolute Gasteiger partial charge is 0.165 e. The van der Waals surface area contributed by atoms with E-state index in [1.165, 1.54) is 127 Å². The summed E-state index contributed by atoms with van der Waals surface area (Å²) in [4.78, 5) is 49.9. The molecule has 29 rings (SSSR count). The highest BCUT2D eigenvalue weighted by Gasteiger charge is 2.46. The minimum Gasteiger partial charge on any atom is -0.367 e. The Morgan fingerprint density at radius 1 is 0.254 bits per heavy atom. The molecule has 17 aromatic rings. The van der Waals surface area contributed by atoms with Crippen LogP contribution >= 0.6 is 0 Å². The van der Waals surface area contributed by atoms with E-state index in [-0.39, 0.29) is 22.1 Å². The molecule has 8 N–H and O–H groups in total. The monoisotopic (exact) mass is 1900 g/mol. The maximum Gasteiger partial charge on any atom is 0.165 e. The van der Waals surface area contributed by atoms with Crippen molar-refractivity contribution in [1.82, 2.24) is 59.8 Å². The van der Waals surface area contributed by atoms with E-state index in [0.29, 0.717) is 173 Å². The first-order chi connectivity index (χ1) is 69.2. The number of rotatable bonds is 13. The van der Waals surface area contributed by atoms with Crippen molar-refractivity contribution in [2.45, 2.75) is 155 Å². The largest absolute Gasteiger partial charge is 0.367 e. The summed E-state index contributed by atoms with van der Waals surface area (Å²) in [6, 6.07) is 61.5. The summed E-state index contributed by atoms with van der Waals surface area (Å²) in [5, 5.41) is 18.8. The van der Waals surface area contributed by atoms with Gasteiger partial charge in [-0.2, -0.15) is 0 Å². The Labute approximate surface area is 818 Å². The number of aromatic nitrogens is 12. The molecule has 8 aromatic heterocycles. The Morgan fingerprint density at radius 2 is 0.514 bits per heavy atom. The molecular formula is C118H106F8N16. The molecule has 8 atom stereocenters. The Hall–Kier alpha value is -15.0. The number of aromatic amines is 4. The minimum absolute atomic E-state index is 0.235. The molecule has 16 nitrogen and oxygen atoms in total. The predicted octanol–water partition coefficient (Wildman–Crippen LogP) is 27.6. The number of anilines is 4. The van der Waals surface area contributed by atoms with Crippen LogP contribution in [0.1, 0.15) is 164 Å². The average molecular weight is 1900 g/mol. The molecule has 0 aliphatic heterocycles. The van der Waals surface area contributed by atoms with Crippen molar-refractivity contribution in [1.29, 1.82) is 0 Å². The summed E-state index contributed by atoms with van der Waals surface area (Å²) in [6.07, 6.45) is 27.0. The summed E-state index contributed by atoms with van der Waals surface area (Å²) in [7, 11) is 0. The van der Waals surface area contributed by atoms with E-state index in [2.05, 4.69) is 150 Å². The second-order valence-corrected chi connectivity index (χ2v) is 40.1. The number of hydrogen-bond donors (Lipinski definition) is 8. The molecule has 12 aliphatic carbocycles. The van der Waals surface area contributed by atoms with Crippen LogP contribution < -0.4 is 21.3 Å². The third-order valence-electron chi connectivity index (χ3n) is 31.9. The van der Waals surface area contributed by atoms with Gasteiger partial charge in [0.25, 0.3) is 0 Å². The van der Waals surface area contributed by atoms with Crippen LogP contribution in [0.2, 0.25) is 0 Å². The molecule has 2 unspecified atom stereocenters. The Bertz CT molecular complexity index is 7250. The number of benzene rings is 9. The molecule has 0 saturated heterocycles. The number of H-pyrrole nitrogens is 4. The zero-order valence-electron chi connectivity index (χ0n) is 79.1. The third-order valence-corrected chi connectivity index (χ3v) is 31.9. The van der Waals surface area contributed by atoms with Crippen LogP contribution in [-0.2, 0) is 0 Å². The quantitative estimate of drug-likeness (QED) is 0.0400. The van der Waals surface area contributed by atoms with Gasteiger partial charge in [-0.1, -0.05) is 136 Å². The van der Waals surface area contributed by atoms with Crippen molar-refractivity contribution >= 4 is 77.7 Å². The number of fused-ring (bicyclic) bond motifs is 17. The van der Waals surface area contributed by atoms with Gasteiger partial charge in [0.05, 0.1) is 27.8 Å². The first kappa shape index (κ1) is 92.1. The van der Waals surface area contributed by atoms with Gasteiger partial charge in [-0.25, -0.2) is 75.0 Å². The van der Waals surface area contributed by atoms with E-state index in [0.717, 1.165) is 92.5 Å². The minimum atomic E-state index is -0.642. The number of nitrogens with zero attached hydrogens (tertiary/aromatic N) is 8. The lowest BCUT2D eigenvalue weighted by Gasteiger charge is -2.47. The van der Waals surface area contributed by atoms with Gasteiger partial charge in [0.1, 0.15) is 86.9 Å². The Morgan fingerprint density at radius 3 is 0.803 bits per heavy atom. The van der Waals surface area contributed by atoms with Gasteiger partial charge in [0.15, 0.2) is 23.3 Å². The molecule has 0 amide bonds. The summed E-state index contributed by atoms with van der Waals surface area (Å²) >= 11 is 0. The van der Waals surface area contributed by atoms with Crippen LogP contribution in [0.5, 0.6) is 0 Å². The molecule has 12 aliphatic rings. The van der Waals surface area contributed by atoms with Crippen LogP contribution in [0.3, 0.4) is 0 Å². The number of halogens is 8. The van der Waals surface area contributed by atoms with Crippen LogP contribution in [0.4, 0.5) is 58.4 Å². The molecule has 24 heteroatoms. The highest BCUT2D eigenvalue weighted by molar-refractivity contribution is 5.98. The fourth-order valence-electron chi connectivity index (χ4n) is 24.3. The van der Waals surface area contributed by atoms with Crippen LogP contribution in [0.15, 0.2) is 231 Å². The van der Waals surface area contributed by atoms with Crippen molar-refractivity contribution in [3.63, 3.8) is 0 Å². The van der Waals surface area contributed by atoms with Gasteiger partial charge >= 0.3 is 0 Å². The molecule has 8 bridgehead atoms. The van der Waals surface area contributed by atoms with E-state index in [4.69, 9.17) is 24.9 Å². The van der Waals surface area contributed by atoms with Gasteiger partial charge in [-0.3, -0.25) is 0 Å². The lowest BCUT2D eigenvalue weighted by atomic mass is 9.62. The fourth-order valence-corrected chi connectivity index (χ4v) is 24.3. The maximum atomic E-state index is 14.5. The van der Waals surface area contributed by atoms with E-state index in [1.807, 2.05) is 127 Å². The van der Waals surface area contributed by atoms with Crippen molar-refractivity contribution in [3.05, 3.63) is 311 Å². The normalized spacial score (nSPS) is 23.2. The van der Waals surface area contributed by atoms with Crippen LogP contribution in [-0.4, -0.2) is 84.0 Å². The van der Waals surface area contributed by atoms with E-state index < -0.39 is 46.5 Å². The molecule has 8 heterocycles. The Balaban J connectivity index is 0.000000109. The number of nitrogens with one attached hydrogen (secondary N) is 8. The SMILES string of the molecule is CC1C2CCC(CC2)C1Nc1cc(C#Cc2ccccc2)nc(-c2c[nH]c3c(F)cc(F)cc23)n1.C[C@@H]1C2CCC(CC2)[C@H]1Nc1cc(C#Cc2ccccc2)nc(-c2c[nH]c3c(F)cc(F)cc23)n1.C[C@H]1C2CCC(CC2)[C@@H]1Nc1cc(-c2ccc3ccccc3c2)nc(-c2c[nH]c3c(F)cc(F)cc23)n1.C[C@H]1C2CCC(CC2)[C@@H]1Nc1cc(C#Cc2ccccc2)nc(-c2c[nH]c3c(F)cc(F)cc23)n1. The van der Waals surface area contributed by atoms with Crippen molar-refractivity contribution in [2.75, 3.05) is 21.3 Å². The maximum absolute atomic E-state index is 14.5.